The molecule has 0 heterocycles. The van der Waals surface area contributed by atoms with Crippen LogP contribution in [0, 0.1) is 6.92 Å². The van der Waals surface area contributed by atoms with Crippen LogP contribution in [0.3, 0.4) is 0 Å². The van der Waals surface area contributed by atoms with Crippen LogP contribution in [-0.2, 0) is 4.79 Å². The Morgan fingerprint density at radius 1 is 1.30 bits per heavy atom. The fraction of sp³-hybridized carbons (Fsp3) is 0.562. The summed E-state index contributed by atoms with van der Waals surface area (Å²) in [5.41, 5.74) is 1.90. The maximum atomic E-state index is 11.6. The molecule has 1 aliphatic carbocycles. The van der Waals surface area contributed by atoms with E-state index in [2.05, 4.69) is 21.2 Å². The molecule has 0 amide bonds. The molecule has 0 bridgehead atoms. The Morgan fingerprint density at radius 2 is 1.95 bits per heavy atom. The molecule has 1 aromatic carbocycles. The van der Waals surface area contributed by atoms with Crippen molar-refractivity contribution >= 4 is 21.9 Å². The highest BCUT2D eigenvalue weighted by Gasteiger charge is 2.24. The number of aliphatic carboxylic acids is 1. The van der Waals surface area contributed by atoms with Crippen LogP contribution in [-0.4, -0.2) is 17.1 Å². The van der Waals surface area contributed by atoms with E-state index in [1.165, 1.54) is 25.7 Å². The first-order chi connectivity index (χ1) is 9.58. The number of halogens is 1. The van der Waals surface area contributed by atoms with Gasteiger partial charge in [0, 0.05) is 10.5 Å². The van der Waals surface area contributed by atoms with Crippen molar-refractivity contribution in [1.82, 2.24) is 5.32 Å². The highest BCUT2D eigenvalue weighted by Crippen LogP contribution is 2.24. The van der Waals surface area contributed by atoms with Crippen molar-refractivity contribution in [1.29, 1.82) is 0 Å². The normalized spacial score (nSPS) is 18.5. The van der Waals surface area contributed by atoms with Gasteiger partial charge in [-0.2, -0.15) is 0 Å². The lowest BCUT2D eigenvalue weighted by atomic mass is 10.0. The van der Waals surface area contributed by atoms with Crippen molar-refractivity contribution in [3.05, 3.63) is 33.8 Å². The van der Waals surface area contributed by atoms with Gasteiger partial charge in [-0.25, -0.2) is 0 Å². The molecule has 1 saturated carbocycles. The molecule has 1 atom stereocenters. The van der Waals surface area contributed by atoms with Crippen LogP contribution < -0.4 is 5.32 Å². The Balaban J connectivity index is 2.13. The molecule has 0 spiro atoms. The van der Waals surface area contributed by atoms with Crippen LogP contribution >= 0.6 is 15.9 Å². The minimum absolute atomic E-state index is 0.322. The Morgan fingerprint density at radius 3 is 2.50 bits per heavy atom. The average molecular weight is 340 g/mol. The zero-order valence-electron chi connectivity index (χ0n) is 11.9. The first-order valence-electron chi connectivity index (χ1n) is 7.33. The van der Waals surface area contributed by atoms with Crippen LogP contribution in [0.2, 0.25) is 0 Å². The maximum Gasteiger partial charge on any atom is 0.325 e. The summed E-state index contributed by atoms with van der Waals surface area (Å²) < 4.78 is 1.01. The largest absolute Gasteiger partial charge is 0.480 e. The Labute approximate surface area is 128 Å². The molecule has 0 aliphatic heterocycles. The zero-order valence-corrected chi connectivity index (χ0v) is 13.4. The van der Waals surface area contributed by atoms with E-state index >= 15 is 0 Å². The highest BCUT2D eigenvalue weighted by atomic mass is 79.9. The van der Waals surface area contributed by atoms with Gasteiger partial charge in [-0.15, -0.1) is 0 Å². The molecule has 1 aliphatic rings. The van der Waals surface area contributed by atoms with Crippen molar-refractivity contribution in [3.63, 3.8) is 0 Å². The van der Waals surface area contributed by atoms with Gasteiger partial charge in [0.05, 0.1) is 0 Å². The smallest absolute Gasteiger partial charge is 0.325 e. The number of hydrogen-bond donors (Lipinski definition) is 2. The maximum absolute atomic E-state index is 11.6. The van der Waals surface area contributed by atoms with E-state index in [1.54, 1.807) is 0 Å². The van der Waals surface area contributed by atoms with E-state index in [9.17, 15) is 9.90 Å². The second kappa shape index (κ2) is 7.23. The monoisotopic (exact) mass is 339 g/mol. The summed E-state index contributed by atoms with van der Waals surface area (Å²) in [6, 6.07) is 5.48. The third-order valence-electron chi connectivity index (χ3n) is 4.02. The molecular formula is C16H22BrNO2. The molecule has 2 rings (SSSR count). The fourth-order valence-electron chi connectivity index (χ4n) is 2.84. The fourth-order valence-corrected chi connectivity index (χ4v) is 3.09. The van der Waals surface area contributed by atoms with Crippen LogP contribution in [0.15, 0.2) is 22.7 Å². The van der Waals surface area contributed by atoms with E-state index in [1.807, 2.05) is 25.1 Å². The van der Waals surface area contributed by atoms with Gasteiger partial charge >= 0.3 is 5.97 Å². The van der Waals surface area contributed by atoms with Gasteiger partial charge in [-0.1, -0.05) is 53.7 Å². The topological polar surface area (TPSA) is 49.3 Å². The number of rotatable bonds is 4. The lowest BCUT2D eigenvalue weighted by Gasteiger charge is -2.23. The van der Waals surface area contributed by atoms with Gasteiger partial charge in [-0.05, 0) is 37.0 Å². The minimum Gasteiger partial charge on any atom is -0.480 e. The third-order valence-corrected chi connectivity index (χ3v) is 4.91. The van der Waals surface area contributed by atoms with E-state index in [0.29, 0.717) is 6.04 Å². The van der Waals surface area contributed by atoms with Crippen LogP contribution in [0.25, 0.3) is 0 Å². The molecule has 1 aromatic rings. The summed E-state index contributed by atoms with van der Waals surface area (Å²) in [7, 11) is 0. The van der Waals surface area contributed by atoms with Crippen molar-refractivity contribution < 1.29 is 9.90 Å². The number of benzene rings is 1. The second-order valence-electron chi connectivity index (χ2n) is 5.64. The predicted octanol–water partition coefficient (Wildman–Crippen LogP) is 4.20. The molecular weight excluding hydrogens is 318 g/mol. The number of carboxylic acids is 1. The number of carboxylic acid groups (broad SMARTS) is 1. The quantitative estimate of drug-likeness (QED) is 0.808. The summed E-state index contributed by atoms with van der Waals surface area (Å²) in [4.78, 5) is 11.6. The van der Waals surface area contributed by atoms with E-state index in [0.717, 1.165) is 28.4 Å². The summed E-state index contributed by atoms with van der Waals surface area (Å²) in [6.07, 6.45) is 7.10. The molecule has 3 nitrogen and oxygen atoms in total. The molecule has 20 heavy (non-hydrogen) atoms. The highest BCUT2D eigenvalue weighted by molar-refractivity contribution is 9.10. The number of aryl methyl sites for hydroxylation is 1. The lowest BCUT2D eigenvalue weighted by molar-refractivity contribution is -0.140. The molecule has 4 heteroatoms. The van der Waals surface area contributed by atoms with Crippen molar-refractivity contribution in [2.75, 3.05) is 0 Å². The predicted molar refractivity (Wildman–Crippen MR) is 83.9 cm³/mol. The summed E-state index contributed by atoms with van der Waals surface area (Å²) in [5, 5.41) is 12.9. The van der Waals surface area contributed by atoms with Gasteiger partial charge in [0.2, 0.25) is 0 Å². The number of nitrogens with one attached hydrogen (secondary N) is 1. The summed E-state index contributed by atoms with van der Waals surface area (Å²) in [6.45, 7) is 1.98. The standard InChI is InChI=1S/C16H22BrNO2/c1-11-10-12(8-9-14(11)17)15(16(19)20)18-13-6-4-2-3-5-7-13/h8-10,13,15,18H,2-7H2,1H3,(H,19,20). The van der Waals surface area contributed by atoms with Gasteiger partial charge in [-0.3, -0.25) is 10.1 Å². The Kier molecular flexibility index (Phi) is 5.61. The van der Waals surface area contributed by atoms with E-state index in [4.69, 9.17) is 0 Å². The number of carbonyl (C=O) groups is 1. The van der Waals surface area contributed by atoms with Crippen LogP contribution in [0.5, 0.6) is 0 Å². The van der Waals surface area contributed by atoms with E-state index in [-0.39, 0.29) is 0 Å². The SMILES string of the molecule is Cc1cc(C(NC2CCCCCC2)C(=O)O)ccc1Br. The average Bonchev–Trinajstić information content (AvgIpc) is 2.67. The van der Waals surface area contributed by atoms with Gasteiger partial charge in [0.1, 0.15) is 6.04 Å². The van der Waals surface area contributed by atoms with Crippen LogP contribution in [0.1, 0.15) is 55.7 Å². The van der Waals surface area contributed by atoms with Crippen molar-refractivity contribution in [2.24, 2.45) is 0 Å². The minimum atomic E-state index is -0.795. The summed E-state index contributed by atoms with van der Waals surface area (Å²) in [5.74, 6) is -0.795. The van der Waals surface area contributed by atoms with E-state index < -0.39 is 12.0 Å². The zero-order chi connectivity index (χ0) is 14.5. The van der Waals surface area contributed by atoms with Crippen molar-refractivity contribution in [2.45, 2.75) is 57.5 Å². The Bertz CT molecular complexity index is 468. The molecule has 1 fully saturated rings. The Hall–Kier alpha value is -0.870. The van der Waals surface area contributed by atoms with Gasteiger partial charge in [0.25, 0.3) is 0 Å². The summed E-state index contributed by atoms with van der Waals surface area (Å²) >= 11 is 3.46. The molecule has 0 aromatic heterocycles. The van der Waals surface area contributed by atoms with Gasteiger partial charge < -0.3 is 5.11 Å². The second-order valence-corrected chi connectivity index (χ2v) is 6.49. The molecule has 2 N–H and O–H groups in total. The molecule has 110 valence electrons. The third kappa shape index (κ3) is 4.06. The van der Waals surface area contributed by atoms with Crippen molar-refractivity contribution in [3.8, 4) is 0 Å². The van der Waals surface area contributed by atoms with Crippen LogP contribution in [0.4, 0.5) is 0 Å². The molecule has 1 unspecified atom stereocenters. The molecule has 0 saturated heterocycles. The first-order valence-corrected chi connectivity index (χ1v) is 8.12. The van der Waals surface area contributed by atoms with Gasteiger partial charge in [0.15, 0.2) is 0 Å². The molecule has 0 radical (unpaired) electrons. The first kappa shape index (κ1) is 15.5. The number of hydrogen-bond acceptors (Lipinski definition) is 2. The lowest BCUT2D eigenvalue weighted by Crippen LogP contribution is -2.36.